The normalized spacial score (nSPS) is 21.2. The molecule has 144 valence electrons. The number of benzene rings is 2. The highest BCUT2D eigenvalue weighted by Gasteiger charge is 2.42. The number of rotatable bonds is 3. The zero-order valence-corrected chi connectivity index (χ0v) is 16.0. The minimum Gasteiger partial charge on any atom is -0.462 e. The molecule has 2 fully saturated rings. The van der Waals surface area contributed by atoms with E-state index < -0.39 is 5.79 Å². The van der Waals surface area contributed by atoms with Crippen LogP contribution in [0.15, 0.2) is 42.5 Å². The molecule has 0 unspecified atom stereocenters. The largest absolute Gasteiger partial charge is 0.462 e. The van der Waals surface area contributed by atoms with E-state index in [1.807, 2.05) is 36.4 Å². The average Bonchev–Trinajstić information content (AvgIpc) is 2.69. The molecule has 0 amide bonds. The SMILES string of the molecule is N#Cc1ccc(Nc2ccc3c(c2)COC2(CCN(C4CCC4)CC2)O3)cc1. The molecular formula is C23H25N3O2. The van der Waals surface area contributed by atoms with Gasteiger partial charge in [-0.2, -0.15) is 5.26 Å². The Balaban J connectivity index is 1.25. The van der Waals surface area contributed by atoms with Crippen molar-refractivity contribution >= 4 is 11.4 Å². The first-order valence-corrected chi connectivity index (χ1v) is 10.2. The van der Waals surface area contributed by atoms with Crippen molar-refractivity contribution in [1.82, 2.24) is 4.90 Å². The van der Waals surface area contributed by atoms with E-state index in [2.05, 4.69) is 22.4 Å². The Morgan fingerprint density at radius 1 is 1.04 bits per heavy atom. The Morgan fingerprint density at radius 2 is 1.79 bits per heavy atom. The van der Waals surface area contributed by atoms with Crippen LogP contribution in [0.5, 0.6) is 5.75 Å². The monoisotopic (exact) mass is 375 g/mol. The quantitative estimate of drug-likeness (QED) is 0.852. The summed E-state index contributed by atoms with van der Waals surface area (Å²) in [6, 6.07) is 16.6. The lowest BCUT2D eigenvalue weighted by Crippen LogP contribution is -2.54. The number of likely N-dealkylation sites (tertiary alicyclic amines) is 1. The molecule has 0 aromatic heterocycles. The highest BCUT2D eigenvalue weighted by Crippen LogP contribution is 2.40. The molecule has 5 rings (SSSR count). The van der Waals surface area contributed by atoms with Crippen LogP contribution in [0.1, 0.15) is 43.2 Å². The molecule has 1 N–H and O–H groups in total. The van der Waals surface area contributed by atoms with Gasteiger partial charge in [0.25, 0.3) is 0 Å². The summed E-state index contributed by atoms with van der Waals surface area (Å²) in [5.41, 5.74) is 3.68. The third kappa shape index (κ3) is 3.34. The fraction of sp³-hybridized carbons (Fsp3) is 0.435. The second-order valence-electron chi connectivity index (χ2n) is 8.06. The molecule has 1 saturated carbocycles. The number of nitrogens with zero attached hydrogens (tertiary/aromatic N) is 2. The van der Waals surface area contributed by atoms with E-state index in [1.165, 1.54) is 19.3 Å². The minimum absolute atomic E-state index is 0.449. The smallest absolute Gasteiger partial charge is 0.213 e. The minimum atomic E-state index is -0.449. The van der Waals surface area contributed by atoms with Gasteiger partial charge in [0.2, 0.25) is 5.79 Å². The second-order valence-corrected chi connectivity index (χ2v) is 8.06. The Morgan fingerprint density at radius 3 is 2.46 bits per heavy atom. The average molecular weight is 375 g/mol. The summed E-state index contributed by atoms with van der Waals surface area (Å²) in [5, 5.41) is 12.3. The van der Waals surface area contributed by atoms with E-state index in [0.29, 0.717) is 12.2 Å². The standard InChI is InChI=1S/C23H25N3O2/c24-15-17-4-6-19(7-5-17)25-20-8-9-22-18(14-20)16-27-23(28-22)10-12-26(13-11-23)21-2-1-3-21/h4-9,14,21,25H,1-3,10-13,16H2. The summed E-state index contributed by atoms with van der Waals surface area (Å²) in [4.78, 5) is 2.61. The fourth-order valence-electron chi connectivity index (χ4n) is 4.33. The number of anilines is 2. The van der Waals surface area contributed by atoms with Crippen molar-refractivity contribution in [2.24, 2.45) is 0 Å². The number of piperidine rings is 1. The summed E-state index contributed by atoms with van der Waals surface area (Å²) in [6.45, 7) is 2.72. The summed E-state index contributed by atoms with van der Waals surface area (Å²) >= 11 is 0. The maximum atomic E-state index is 8.91. The maximum Gasteiger partial charge on any atom is 0.213 e. The first-order chi connectivity index (χ1) is 13.7. The molecule has 5 nitrogen and oxygen atoms in total. The zero-order valence-electron chi connectivity index (χ0n) is 16.0. The topological polar surface area (TPSA) is 57.5 Å². The molecule has 1 aliphatic carbocycles. The summed E-state index contributed by atoms with van der Waals surface area (Å²) in [7, 11) is 0. The number of hydrogen-bond acceptors (Lipinski definition) is 5. The molecule has 1 saturated heterocycles. The summed E-state index contributed by atoms with van der Waals surface area (Å²) < 4.78 is 12.6. The van der Waals surface area contributed by atoms with Gasteiger partial charge < -0.3 is 14.8 Å². The van der Waals surface area contributed by atoms with E-state index >= 15 is 0 Å². The maximum absolute atomic E-state index is 8.91. The van der Waals surface area contributed by atoms with Gasteiger partial charge >= 0.3 is 0 Å². The van der Waals surface area contributed by atoms with Crippen LogP contribution in [0, 0.1) is 11.3 Å². The van der Waals surface area contributed by atoms with Gasteiger partial charge in [-0.25, -0.2) is 0 Å². The number of fused-ring (bicyclic) bond motifs is 1. The van der Waals surface area contributed by atoms with Crippen LogP contribution in [0.4, 0.5) is 11.4 Å². The molecule has 2 aromatic rings. The van der Waals surface area contributed by atoms with Crippen LogP contribution >= 0.6 is 0 Å². The molecule has 0 radical (unpaired) electrons. The van der Waals surface area contributed by atoms with E-state index in [9.17, 15) is 0 Å². The van der Waals surface area contributed by atoms with Crippen LogP contribution in [0.3, 0.4) is 0 Å². The van der Waals surface area contributed by atoms with Gasteiger partial charge in [-0.05, 0) is 55.3 Å². The van der Waals surface area contributed by atoms with Crippen LogP contribution in [0.25, 0.3) is 0 Å². The molecule has 1 spiro atoms. The van der Waals surface area contributed by atoms with Crippen LogP contribution in [-0.2, 0) is 11.3 Å². The molecular weight excluding hydrogens is 350 g/mol. The van der Waals surface area contributed by atoms with Gasteiger partial charge in [0.1, 0.15) is 5.75 Å². The number of nitriles is 1. The van der Waals surface area contributed by atoms with Crippen molar-refractivity contribution in [2.45, 2.75) is 50.5 Å². The van der Waals surface area contributed by atoms with Crippen molar-refractivity contribution < 1.29 is 9.47 Å². The Bertz CT molecular complexity index is 891. The first-order valence-electron chi connectivity index (χ1n) is 10.2. The van der Waals surface area contributed by atoms with E-state index in [0.717, 1.165) is 54.7 Å². The van der Waals surface area contributed by atoms with Gasteiger partial charge in [-0.15, -0.1) is 0 Å². The Kier molecular flexibility index (Phi) is 4.46. The molecule has 0 bridgehead atoms. The molecule has 28 heavy (non-hydrogen) atoms. The summed E-state index contributed by atoms with van der Waals surface area (Å²) in [5.74, 6) is 0.490. The number of nitrogens with one attached hydrogen (secondary N) is 1. The first kappa shape index (κ1) is 17.5. The lowest BCUT2D eigenvalue weighted by molar-refractivity contribution is -0.231. The van der Waals surface area contributed by atoms with Gasteiger partial charge in [0.15, 0.2) is 0 Å². The van der Waals surface area contributed by atoms with Crippen molar-refractivity contribution in [2.75, 3.05) is 18.4 Å². The lowest BCUT2D eigenvalue weighted by Gasteiger charge is -2.47. The second kappa shape index (κ2) is 7.12. The van der Waals surface area contributed by atoms with E-state index in [-0.39, 0.29) is 0 Å². The van der Waals surface area contributed by atoms with Gasteiger partial charge in [-0.1, -0.05) is 6.42 Å². The molecule has 2 aliphatic heterocycles. The zero-order chi connectivity index (χ0) is 19.0. The van der Waals surface area contributed by atoms with Gasteiger partial charge in [0.05, 0.1) is 18.2 Å². The molecule has 3 aliphatic rings. The Labute approximate surface area is 165 Å². The number of hydrogen-bond donors (Lipinski definition) is 1. The Hall–Kier alpha value is -2.55. The van der Waals surface area contributed by atoms with Gasteiger partial charge in [-0.3, -0.25) is 4.90 Å². The van der Waals surface area contributed by atoms with Crippen molar-refractivity contribution in [3.8, 4) is 11.8 Å². The summed E-state index contributed by atoms with van der Waals surface area (Å²) in [6.07, 6.45) is 5.97. The van der Waals surface area contributed by atoms with Crippen molar-refractivity contribution in [3.63, 3.8) is 0 Å². The molecule has 2 heterocycles. The van der Waals surface area contributed by atoms with Crippen LogP contribution < -0.4 is 10.1 Å². The fourth-order valence-corrected chi connectivity index (χ4v) is 4.33. The molecule has 5 heteroatoms. The van der Waals surface area contributed by atoms with Crippen LogP contribution in [0.2, 0.25) is 0 Å². The molecule has 2 aromatic carbocycles. The highest BCUT2D eigenvalue weighted by atomic mass is 16.7. The lowest BCUT2D eigenvalue weighted by atomic mass is 9.89. The van der Waals surface area contributed by atoms with Crippen molar-refractivity contribution in [3.05, 3.63) is 53.6 Å². The van der Waals surface area contributed by atoms with Crippen LogP contribution in [-0.4, -0.2) is 29.8 Å². The predicted octanol–water partition coefficient (Wildman–Crippen LogP) is 4.56. The molecule has 0 atom stereocenters. The highest BCUT2D eigenvalue weighted by molar-refractivity contribution is 5.62. The third-order valence-electron chi connectivity index (χ3n) is 6.30. The third-order valence-corrected chi connectivity index (χ3v) is 6.30. The van der Waals surface area contributed by atoms with E-state index in [4.69, 9.17) is 14.7 Å². The van der Waals surface area contributed by atoms with Gasteiger partial charge in [0, 0.05) is 48.9 Å². The van der Waals surface area contributed by atoms with Crippen molar-refractivity contribution in [1.29, 1.82) is 5.26 Å². The number of ether oxygens (including phenoxy) is 2. The predicted molar refractivity (Wildman–Crippen MR) is 107 cm³/mol. The van der Waals surface area contributed by atoms with E-state index in [1.54, 1.807) is 0 Å².